The molecule has 0 aromatic heterocycles. The summed E-state index contributed by atoms with van der Waals surface area (Å²) in [5.74, 6) is -0.0904. The number of hydrogen-bond acceptors (Lipinski definition) is 3. The Morgan fingerprint density at radius 2 is 1.94 bits per heavy atom. The predicted molar refractivity (Wildman–Crippen MR) is 57.9 cm³/mol. The van der Waals surface area contributed by atoms with Crippen LogP contribution in [-0.4, -0.2) is 54.6 Å². The number of piperidine rings is 1. The number of nitrogens with zero attached hydrogens (tertiary/aromatic N) is 2. The molecule has 0 aromatic rings. The molecule has 2 heterocycles. The lowest BCUT2D eigenvalue weighted by atomic mass is 9.89. The standard InChI is InChI=1S/C11H18N2O3/c1-12(2)10(15)13-7-5-11(6-8-13)4-3-9(14)16-11/h3-8H2,1-2H3. The van der Waals surface area contributed by atoms with E-state index in [9.17, 15) is 9.59 Å². The van der Waals surface area contributed by atoms with E-state index < -0.39 is 0 Å². The normalized spacial score (nSPS) is 23.4. The van der Waals surface area contributed by atoms with Crippen LogP contribution in [0.25, 0.3) is 0 Å². The Hall–Kier alpha value is -1.26. The van der Waals surface area contributed by atoms with E-state index in [-0.39, 0.29) is 17.6 Å². The van der Waals surface area contributed by atoms with Gasteiger partial charge in [0.25, 0.3) is 0 Å². The second-order valence-electron chi connectivity index (χ2n) is 4.82. The van der Waals surface area contributed by atoms with E-state index in [0.29, 0.717) is 19.5 Å². The van der Waals surface area contributed by atoms with E-state index in [0.717, 1.165) is 19.3 Å². The molecule has 0 radical (unpaired) electrons. The first-order valence-electron chi connectivity index (χ1n) is 5.70. The van der Waals surface area contributed by atoms with Crippen molar-refractivity contribution in [2.24, 2.45) is 0 Å². The molecule has 2 fully saturated rings. The van der Waals surface area contributed by atoms with Gasteiger partial charge in [-0.15, -0.1) is 0 Å². The number of likely N-dealkylation sites (tertiary alicyclic amines) is 1. The predicted octanol–water partition coefficient (Wildman–Crippen LogP) is 0.840. The van der Waals surface area contributed by atoms with Gasteiger partial charge in [-0.05, 0) is 6.42 Å². The molecule has 0 atom stereocenters. The molecule has 16 heavy (non-hydrogen) atoms. The van der Waals surface area contributed by atoms with Crippen molar-refractivity contribution in [2.75, 3.05) is 27.2 Å². The summed E-state index contributed by atoms with van der Waals surface area (Å²) >= 11 is 0. The van der Waals surface area contributed by atoms with Gasteiger partial charge in [0.15, 0.2) is 0 Å². The molecule has 2 rings (SSSR count). The zero-order valence-corrected chi connectivity index (χ0v) is 9.86. The van der Waals surface area contributed by atoms with Crippen LogP contribution in [0.4, 0.5) is 4.79 Å². The van der Waals surface area contributed by atoms with Gasteiger partial charge in [0.2, 0.25) is 0 Å². The summed E-state index contributed by atoms with van der Waals surface area (Å²) in [6.45, 7) is 1.37. The highest BCUT2D eigenvalue weighted by atomic mass is 16.6. The van der Waals surface area contributed by atoms with Gasteiger partial charge in [-0.3, -0.25) is 4.79 Å². The second kappa shape index (κ2) is 3.96. The first kappa shape index (κ1) is 11.2. The molecule has 0 aromatic carbocycles. The molecule has 0 N–H and O–H groups in total. The van der Waals surface area contributed by atoms with E-state index >= 15 is 0 Å². The lowest BCUT2D eigenvalue weighted by Gasteiger charge is -2.38. The van der Waals surface area contributed by atoms with E-state index in [2.05, 4.69) is 0 Å². The SMILES string of the molecule is CN(C)C(=O)N1CCC2(CCC(=O)O2)CC1. The Morgan fingerprint density at radius 3 is 2.38 bits per heavy atom. The van der Waals surface area contributed by atoms with Crippen LogP contribution >= 0.6 is 0 Å². The molecule has 1 spiro atoms. The lowest BCUT2D eigenvalue weighted by Crippen LogP contribution is -2.49. The second-order valence-corrected chi connectivity index (χ2v) is 4.82. The van der Waals surface area contributed by atoms with Gasteiger partial charge in [0.05, 0.1) is 0 Å². The van der Waals surface area contributed by atoms with Crippen molar-refractivity contribution in [1.82, 2.24) is 9.80 Å². The summed E-state index contributed by atoms with van der Waals surface area (Å²) in [5.41, 5.74) is -0.264. The average Bonchev–Trinajstić information content (AvgIpc) is 2.60. The van der Waals surface area contributed by atoms with E-state index in [1.807, 2.05) is 4.90 Å². The fraction of sp³-hybridized carbons (Fsp3) is 0.818. The Morgan fingerprint density at radius 1 is 1.31 bits per heavy atom. The first-order valence-corrected chi connectivity index (χ1v) is 5.70. The van der Waals surface area contributed by atoms with Gasteiger partial charge in [0.1, 0.15) is 5.60 Å². The number of rotatable bonds is 0. The number of ether oxygens (including phenoxy) is 1. The molecule has 90 valence electrons. The molecule has 2 saturated heterocycles. The molecular weight excluding hydrogens is 208 g/mol. The van der Waals surface area contributed by atoms with Crippen LogP contribution in [0, 0.1) is 0 Å². The summed E-state index contributed by atoms with van der Waals surface area (Å²) < 4.78 is 5.39. The Balaban J connectivity index is 1.92. The Kier molecular flexibility index (Phi) is 2.78. The lowest BCUT2D eigenvalue weighted by molar-refractivity contribution is -0.151. The summed E-state index contributed by atoms with van der Waals surface area (Å²) in [6.07, 6.45) is 2.90. The van der Waals surface area contributed by atoms with E-state index in [1.165, 1.54) is 0 Å². The van der Waals surface area contributed by atoms with Crippen molar-refractivity contribution in [1.29, 1.82) is 0 Å². The van der Waals surface area contributed by atoms with Crippen LogP contribution in [0.2, 0.25) is 0 Å². The maximum Gasteiger partial charge on any atom is 0.319 e. The zero-order chi connectivity index (χ0) is 11.8. The Bertz CT molecular complexity index is 306. The minimum absolute atomic E-state index is 0.0409. The topological polar surface area (TPSA) is 49.9 Å². The number of carbonyl (C=O) groups excluding carboxylic acids is 2. The number of carbonyl (C=O) groups is 2. The number of hydrogen-bond donors (Lipinski definition) is 0. The quantitative estimate of drug-likeness (QED) is 0.575. The smallest absolute Gasteiger partial charge is 0.319 e. The molecule has 0 aliphatic carbocycles. The number of urea groups is 1. The maximum atomic E-state index is 11.7. The minimum atomic E-state index is -0.264. The fourth-order valence-electron chi connectivity index (χ4n) is 2.41. The molecule has 2 aliphatic heterocycles. The maximum absolute atomic E-state index is 11.7. The zero-order valence-electron chi connectivity index (χ0n) is 9.86. The first-order chi connectivity index (χ1) is 7.52. The highest BCUT2D eigenvalue weighted by Gasteiger charge is 2.43. The highest BCUT2D eigenvalue weighted by molar-refractivity contribution is 5.74. The molecule has 2 amide bonds. The summed E-state index contributed by atoms with van der Waals surface area (Å²) in [4.78, 5) is 26.2. The van der Waals surface area contributed by atoms with Crippen LogP contribution in [0.1, 0.15) is 25.7 Å². The molecule has 5 nitrogen and oxygen atoms in total. The molecule has 5 heteroatoms. The van der Waals surface area contributed by atoms with Gasteiger partial charge in [-0.1, -0.05) is 0 Å². The van der Waals surface area contributed by atoms with Crippen LogP contribution < -0.4 is 0 Å². The van der Waals surface area contributed by atoms with Crippen LogP contribution in [0.3, 0.4) is 0 Å². The molecule has 0 bridgehead atoms. The van der Waals surface area contributed by atoms with Crippen molar-refractivity contribution in [3.05, 3.63) is 0 Å². The highest BCUT2D eigenvalue weighted by Crippen LogP contribution is 2.36. The molecule has 2 aliphatic rings. The van der Waals surface area contributed by atoms with Crippen molar-refractivity contribution < 1.29 is 14.3 Å². The number of esters is 1. The van der Waals surface area contributed by atoms with Gasteiger partial charge in [-0.25, -0.2) is 4.79 Å². The number of amides is 2. The monoisotopic (exact) mass is 226 g/mol. The fourth-order valence-corrected chi connectivity index (χ4v) is 2.41. The summed E-state index contributed by atoms with van der Waals surface area (Å²) in [5, 5.41) is 0. The molecule has 0 unspecified atom stereocenters. The van der Waals surface area contributed by atoms with Gasteiger partial charge in [-0.2, -0.15) is 0 Å². The van der Waals surface area contributed by atoms with Gasteiger partial charge < -0.3 is 14.5 Å². The third kappa shape index (κ3) is 1.99. The van der Waals surface area contributed by atoms with Gasteiger partial charge >= 0.3 is 12.0 Å². The van der Waals surface area contributed by atoms with E-state index in [4.69, 9.17) is 4.74 Å². The largest absolute Gasteiger partial charge is 0.459 e. The van der Waals surface area contributed by atoms with Crippen LogP contribution in [0.15, 0.2) is 0 Å². The average molecular weight is 226 g/mol. The summed E-state index contributed by atoms with van der Waals surface area (Å²) in [6, 6.07) is 0.0409. The van der Waals surface area contributed by atoms with E-state index in [1.54, 1.807) is 19.0 Å². The van der Waals surface area contributed by atoms with Gasteiger partial charge in [0, 0.05) is 46.4 Å². The van der Waals surface area contributed by atoms with Crippen LogP contribution in [-0.2, 0) is 9.53 Å². The third-order valence-corrected chi connectivity index (χ3v) is 3.44. The van der Waals surface area contributed by atoms with Crippen molar-refractivity contribution in [2.45, 2.75) is 31.3 Å². The minimum Gasteiger partial charge on any atom is -0.459 e. The van der Waals surface area contributed by atoms with Crippen LogP contribution in [0.5, 0.6) is 0 Å². The third-order valence-electron chi connectivity index (χ3n) is 3.44. The molecule has 0 saturated carbocycles. The molecular formula is C11H18N2O3. The summed E-state index contributed by atoms with van der Waals surface area (Å²) in [7, 11) is 3.50. The Labute approximate surface area is 95.3 Å². The van der Waals surface area contributed by atoms with Crippen molar-refractivity contribution in [3.8, 4) is 0 Å². The van der Waals surface area contributed by atoms with Crippen molar-refractivity contribution >= 4 is 12.0 Å². The van der Waals surface area contributed by atoms with Crippen molar-refractivity contribution in [3.63, 3.8) is 0 Å².